The van der Waals surface area contributed by atoms with Crippen LogP contribution in [0.25, 0.3) is 6.08 Å². The van der Waals surface area contributed by atoms with Gasteiger partial charge in [-0.2, -0.15) is 0 Å². The van der Waals surface area contributed by atoms with Crippen LogP contribution >= 0.6 is 0 Å². The summed E-state index contributed by atoms with van der Waals surface area (Å²) in [6.07, 6.45) is 0.658. The number of hydrogen-bond acceptors (Lipinski definition) is 6. The lowest BCUT2D eigenvalue weighted by atomic mass is 10.1. The molecule has 28 heavy (non-hydrogen) atoms. The zero-order chi connectivity index (χ0) is 20.4. The molecule has 0 amide bonds. The zero-order valence-corrected chi connectivity index (χ0v) is 16.1. The van der Waals surface area contributed by atoms with Crippen LogP contribution in [-0.4, -0.2) is 42.5 Å². The molecule has 0 bridgehead atoms. The summed E-state index contributed by atoms with van der Waals surface area (Å²) in [7, 11) is 1.28. The minimum atomic E-state index is -1.03. The van der Waals surface area contributed by atoms with Crippen LogP contribution in [0.3, 0.4) is 0 Å². The van der Waals surface area contributed by atoms with Crippen molar-refractivity contribution in [3.8, 4) is 5.75 Å². The number of Topliss-reactive ketones (excluding diaryl/α,β-unsaturated/α-hetero) is 1. The van der Waals surface area contributed by atoms with E-state index in [1.54, 1.807) is 19.9 Å². The number of rotatable bonds is 5. The highest BCUT2D eigenvalue weighted by atomic mass is 16.6. The molecular formula is C21H21NO6. The average Bonchev–Trinajstić information content (AvgIpc) is 3.00. The molecule has 1 aliphatic rings. The SMILES string of the molecule is COC(=O)c1c(C)[nH]c(C(=O)C(C)OC(=O)C2=Cc3ccccc3OC2)c1C. The summed E-state index contributed by atoms with van der Waals surface area (Å²) in [5.41, 5.74) is 2.62. The number of esters is 2. The monoisotopic (exact) mass is 383 g/mol. The van der Waals surface area contributed by atoms with E-state index in [0.29, 0.717) is 28.1 Å². The molecule has 1 aromatic carbocycles. The highest BCUT2D eigenvalue weighted by molar-refractivity contribution is 6.05. The van der Waals surface area contributed by atoms with Gasteiger partial charge in [-0.05, 0) is 38.5 Å². The maximum absolute atomic E-state index is 12.7. The second kappa shape index (κ2) is 7.72. The van der Waals surface area contributed by atoms with E-state index < -0.39 is 23.8 Å². The highest BCUT2D eigenvalue weighted by Gasteiger charge is 2.28. The standard InChI is InChI=1S/C21H21NO6/c1-11-17(21(25)26-4)12(2)22-18(11)19(23)13(3)28-20(24)15-9-14-7-5-6-8-16(14)27-10-15/h5-9,13,22H,10H2,1-4H3. The number of methoxy groups -OCH3 is 1. The van der Waals surface area contributed by atoms with Crippen LogP contribution in [0.5, 0.6) is 5.75 Å². The summed E-state index contributed by atoms with van der Waals surface area (Å²) in [6.45, 7) is 4.88. The Balaban J connectivity index is 1.76. The van der Waals surface area contributed by atoms with Crippen LogP contribution in [0.4, 0.5) is 0 Å². The molecule has 1 N–H and O–H groups in total. The van der Waals surface area contributed by atoms with Gasteiger partial charge in [0.25, 0.3) is 0 Å². The molecule has 1 unspecified atom stereocenters. The highest BCUT2D eigenvalue weighted by Crippen LogP contribution is 2.26. The molecule has 2 heterocycles. The van der Waals surface area contributed by atoms with Crippen LogP contribution in [0.1, 0.15) is 44.6 Å². The van der Waals surface area contributed by atoms with Gasteiger partial charge >= 0.3 is 11.9 Å². The summed E-state index contributed by atoms with van der Waals surface area (Å²) < 4.78 is 15.6. The van der Waals surface area contributed by atoms with Crippen molar-refractivity contribution in [1.29, 1.82) is 0 Å². The Morgan fingerprint density at radius 3 is 2.57 bits per heavy atom. The fourth-order valence-electron chi connectivity index (χ4n) is 3.13. The van der Waals surface area contributed by atoms with Crippen LogP contribution < -0.4 is 4.74 Å². The van der Waals surface area contributed by atoms with E-state index >= 15 is 0 Å². The third-order valence-corrected chi connectivity index (χ3v) is 4.62. The third-order valence-electron chi connectivity index (χ3n) is 4.62. The molecule has 2 aromatic rings. The first-order chi connectivity index (χ1) is 13.3. The van der Waals surface area contributed by atoms with Crippen molar-refractivity contribution in [2.75, 3.05) is 13.7 Å². The predicted octanol–water partition coefficient (Wildman–Crippen LogP) is 3.01. The van der Waals surface area contributed by atoms with E-state index in [0.717, 1.165) is 5.56 Å². The van der Waals surface area contributed by atoms with Gasteiger partial charge in [-0.15, -0.1) is 0 Å². The van der Waals surface area contributed by atoms with Gasteiger partial charge in [0.2, 0.25) is 5.78 Å². The Kier molecular flexibility index (Phi) is 5.35. The van der Waals surface area contributed by atoms with Crippen molar-refractivity contribution < 1.29 is 28.6 Å². The van der Waals surface area contributed by atoms with E-state index in [1.807, 2.05) is 24.3 Å². The summed E-state index contributed by atoms with van der Waals surface area (Å²) >= 11 is 0. The quantitative estimate of drug-likeness (QED) is 0.630. The van der Waals surface area contributed by atoms with Crippen LogP contribution in [0.2, 0.25) is 0 Å². The predicted molar refractivity (Wildman–Crippen MR) is 101 cm³/mol. The number of H-pyrrole nitrogens is 1. The zero-order valence-electron chi connectivity index (χ0n) is 16.1. The number of ketones is 1. The van der Waals surface area contributed by atoms with Gasteiger partial charge in [-0.3, -0.25) is 4.79 Å². The number of ether oxygens (including phenoxy) is 3. The Morgan fingerprint density at radius 1 is 1.14 bits per heavy atom. The molecule has 3 rings (SSSR count). The van der Waals surface area contributed by atoms with Gasteiger partial charge in [-0.1, -0.05) is 18.2 Å². The number of para-hydroxylation sites is 1. The number of nitrogens with one attached hydrogen (secondary N) is 1. The number of aromatic amines is 1. The molecule has 0 radical (unpaired) electrons. The molecule has 7 nitrogen and oxygen atoms in total. The smallest absolute Gasteiger partial charge is 0.339 e. The van der Waals surface area contributed by atoms with E-state index in [9.17, 15) is 14.4 Å². The lowest BCUT2D eigenvalue weighted by Gasteiger charge is -2.18. The van der Waals surface area contributed by atoms with Gasteiger partial charge in [0.05, 0.1) is 23.9 Å². The number of aryl methyl sites for hydroxylation is 1. The van der Waals surface area contributed by atoms with Gasteiger partial charge in [0, 0.05) is 11.3 Å². The van der Waals surface area contributed by atoms with E-state index in [2.05, 4.69) is 4.98 Å². The molecule has 0 saturated carbocycles. The molecule has 1 atom stereocenters. The molecule has 1 aliphatic heterocycles. The topological polar surface area (TPSA) is 94.7 Å². The third kappa shape index (κ3) is 3.55. The normalized spacial score (nSPS) is 13.6. The maximum atomic E-state index is 12.7. The second-order valence-corrected chi connectivity index (χ2v) is 6.52. The van der Waals surface area contributed by atoms with E-state index in [1.165, 1.54) is 14.0 Å². The number of aromatic nitrogens is 1. The molecule has 0 fully saturated rings. The van der Waals surface area contributed by atoms with Crippen LogP contribution in [-0.2, 0) is 14.3 Å². The van der Waals surface area contributed by atoms with Crippen LogP contribution in [0, 0.1) is 13.8 Å². The fraction of sp³-hybridized carbons (Fsp3) is 0.286. The summed E-state index contributed by atoms with van der Waals surface area (Å²) in [4.78, 5) is 40.0. The maximum Gasteiger partial charge on any atom is 0.339 e. The lowest BCUT2D eigenvalue weighted by molar-refractivity contribution is -0.141. The first kappa shape index (κ1) is 19.4. The molecule has 0 spiro atoms. The van der Waals surface area contributed by atoms with Gasteiger partial charge in [0.1, 0.15) is 12.4 Å². The van der Waals surface area contributed by atoms with Gasteiger partial charge < -0.3 is 19.2 Å². The molecule has 0 aliphatic carbocycles. The van der Waals surface area contributed by atoms with Crippen LogP contribution in [0.15, 0.2) is 29.8 Å². The Labute approximate surface area is 162 Å². The number of carbonyl (C=O) groups is 3. The number of carbonyl (C=O) groups excluding carboxylic acids is 3. The van der Waals surface area contributed by atoms with Gasteiger partial charge in [-0.25, -0.2) is 9.59 Å². The largest absolute Gasteiger partial charge is 0.488 e. The van der Waals surface area contributed by atoms with Crippen molar-refractivity contribution in [2.45, 2.75) is 26.9 Å². The summed E-state index contributed by atoms with van der Waals surface area (Å²) in [5.74, 6) is -0.888. The molecular weight excluding hydrogens is 362 g/mol. The molecule has 146 valence electrons. The average molecular weight is 383 g/mol. The first-order valence-electron chi connectivity index (χ1n) is 8.78. The van der Waals surface area contributed by atoms with E-state index in [-0.39, 0.29) is 12.3 Å². The number of hydrogen-bond donors (Lipinski definition) is 1. The Hall–Kier alpha value is -3.35. The Morgan fingerprint density at radius 2 is 1.86 bits per heavy atom. The van der Waals surface area contributed by atoms with Crippen molar-refractivity contribution >= 4 is 23.8 Å². The fourth-order valence-corrected chi connectivity index (χ4v) is 3.13. The van der Waals surface area contributed by atoms with Gasteiger partial charge in [0.15, 0.2) is 6.10 Å². The second-order valence-electron chi connectivity index (χ2n) is 6.52. The number of benzene rings is 1. The Bertz CT molecular complexity index is 985. The minimum absolute atomic E-state index is 0.0733. The summed E-state index contributed by atoms with van der Waals surface area (Å²) in [6, 6.07) is 7.33. The van der Waals surface area contributed by atoms with E-state index in [4.69, 9.17) is 14.2 Å². The molecule has 1 aromatic heterocycles. The van der Waals surface area contributed by atoms with Crippen molar-refractivity contribution in [1.82, 2.24) is 4.98 Å². The van der Waals surface area contributed by atoms with Crippen molar-refractivity contribution in [3.63, 3.8) is 0 Å². The number of fused-ring (bicyclic) bond motifs is 1. The summed E-state index contributed by atoms with van der Waals surface area (Å²) in [5, 5.41) is 0. The minimum Gasteiger partial charge on any atom is -0.488 e. The lowest BCUT2D eigenvalue weighted by Crippen LogP contribution is -2.28. The van der Waals surface area contributed by atoms with Crippen molar-refractivity contribution in [3.05, 3.63) is 57.9 Å². The molecule has 0 saturated heterocycles. The molecule has 7 heteroatoms. The first-order valence-corrected chi connectivity index (χ1v) is 8.78. The van der Waals surface area contributed by atoms with Crippen molar-refractivity contribution in [2.24, 2.45) is 0 Å².